The van der Waals surface area contributed by atoms with E-state index in [1.165, 1.54) is 15.1 Å². The molecule has 4 nitrogen and oxygen atoms in total. The van der Waals surface area contributed by atoms with Crippen molar-refractivity contribution >= 4 is 43.8 Å². The van der Waals surface area contributed by atoms with E-state index in [2.05, 4.69) is 43.1 Å². The molecule has 1 atom stereocenters. The van der Waals surface area contributed by atoms with Crippen molar-refractivity contribution < 1.29 is 4.79 Å². The minimum absolute atomic E-state index is 0.0284. The van der Waals surface area contributed by atoms with Gasteiger partial charge in [-0.3, -0.25) is 9.69 Å². The summed E-state index contributed by atoms with van der Waals surface area (Å²) >= 11 is 3.43. The summed E-state index contributed by atoms with van der Waals surface area (Å²) in [5.74, 6) is -0.0284. The number of thiazole rings is 1. The smallest absolute Gasteiger partial charge is 0.221 e. The van der Waals surface area contributed by atoms with Crippen LogP contribution in [0.1, 0.15) is 44.2 Å². The lowest BCUT2D eigenvalue weighted by atomic mass is 9.97. The Morgan fingerprint density at radius 2 is 2.08 bits per heavy atom. The summed E-state index contributed by atoms with van der Waals surface area (Å²) < 4.78 is 1.18. The van der Waals surface area contributed by atoms with Gasteiger partial charge in [0.25, 0.3) is 0 Å². The maximum atomic E-state index is 11.8. The highest BCUT2D eigenvalue weighted by Gasteiger charge is 2.32. The zero-order valence-electron chi connectivity index (χ0n) is 15.5. The van der Waals surface area contributed by atoms with Gasteiger partial charge in [-0.1, -0.05) is 12.1 Å². The van der Waals surface area contributed by atoms with Crippen LogP contribution in [0, 0.1) is 0 Å². The summed E-state index contributed by atoms with van der Waals surface area (Å²) in [5, 5.41) is 5.02. The molecule has 3 heterocycles. The van der Waals surface area contributed by atoms with Gasteiger partial charge in [0, 0.05) is 36.0 Å². The van der Waals surface area contributed by atoms with E-state index < -0.39 is 0 Å². The molecule has 0 bridgehead atoms. The average molecular weight is 386 g/mol. The number of nitrogens with one attached hydrogen (secondary N) is 1. The number of amides is 1. The Hall–Kier alpha value is -1.76. The predicted octanol–water partition coefficient (Wildman–Crippen LogP) is 5.31. The topological polar surface area (TPSA) is 45.2 Å². The maximum Gasteiger partial charge on any atom is 0.221 e. The highest BCUT2D eigenvalue weighted by Crippen LogP contribution is 2.48. The molecule has 0 saturated carbocycles. The van der Waals surface area contributed by atoms with Crippen molar-refractivity contribution in [3.8, 4) is 10.6 Å². The van der Waals surface area contributed by atoms with Crippen LogP contribution in [-0.2, 0) is 11.2 Å². The molecule has 0 aliphatic carbocycles. The third-order valence-corrected chi connectivity index (χ3v) is 7.37. The van der Waals surface area contributed by atoms with Gasteiger partial charge in [-0.05, 0) is 44.9 Å². The lowest BCUT2D eigenvalue weighted by Gasteiger charge is -2.36. The molecular formula is C20H23N3OS2. The molecule has 6 heteroatoms. The average Bonchev–Trinajstić information content (AvgIpc) is 3.15. The number of para-hydroxylation sites is 1. The number of hydrogen-bond donors (Lipinski definition) is 1. The zero-order valence-corrected chi connectivity index (χ0v) is 17.1. The highest BCUT2D eigenvalue weighted by molar-refractivity contribution is 7.23. The quantitative estimate of drug-likeness (QED) is 0.664. The fourth-order valence-corrected chi connectivity index (χ4v) is 6.29. The Morgan fingerprint density at radius 1 is 1.31 bits per heavy atom. The van der Waals surface area contributed by atoms with Crippen molar-refractivity contribution in [2.45, 2.75) is 46.2 Å². The molecule has 1 amide bonds. The monoisotopic (exact) mass is 385 g/mol. The van der Waals surface area contributed by atoms with Crippen molar-refractivity contribution in [1.82, 2.24) is 9.88 Å². The van der Waals surface area contributed by atoms with E-state index in [4.69, 9.17) is 4.98 Å². The predicted molar refractivity (Wildman–Crippen MR) is 111 cm³/mol. The molecule has 1 aliphatic rings. The van der Waals surface area contributed by atoms with E-state index in [1.807, 2.05) is 12.1 Å². The molecule has 0 radical (unpaired) electrons. The molecule has 1 aromatic carbocycles. The van der Waals surface area contributed by atoms with Crippen LogP contribution in [0.3, 0.4) is 0 Å². The first-order chi connectivity index (χ1) is 12.5. The van der Waals surface area contributed by atoms with Crippen LogP contribution < -0.4 is 5.32 Å². The molecule has 0 saturated heterocycles. The van der Waals surface area contributed by atoms with Gasteiger partial charge in [0.05, 0.1) is 10.2 Å². The van der Waals surface area contributed by atoms with Gasteiger partial charge in [0.2, 0.25) is 5.91 Å². The highest BCUT2D eigenvalue weighted by atomic mass is 32.1. The normalized spacial score (nSPS) is 17.7. The van der Waals surface area contributed by atoms with E-state index in [0.29, 0.717) is 12.1 Å². The van der Waals surface area contributed by atoms with Crippen molar-refractivity contribution in [3.05, 3.63) is 34.7 Å². The second-order valence-electron chi connectivity index (χ2n) is 7.07. The first kappa shape index (κ1) is 17.6. The van der Waals surface area contributed by atoms with Gasteiger partial charge >= 0.3 is 0 Å². The van der Waals surface area contributed by atoms with Crippen LogP contribution >= 0.6 is 22.7 Å². The Morgan fingerprint density at radius 3 is 2.77 bits per heavy atom. The van der Waals surface area contributed by atoms with Crippen LogP contribution in [0.4, 0.5) is 5.00 Å². The number of aromatic nitrogens is 1. The lowest BCUT2D eigenvalue weighted by molar-refractivity contribution is -0.114. The van der Waals surface area contributed by atoms with E-state index in [-0.39, 0.29) is 5.91 Å². The second kappa shape index (κ2) is 6.76. The van der Waals surface area contributed by atoms with Crippen molar-refractivity contribution in [2.24, 2.45) is 0 Å². The van der Waals surface area contributed by atoms with Crippen LogP contribution in [0.5, 0.6) is 0 Å². The first-order valence-electron chi connectivity index (χ1n) is 9.00. The molecule has 4 rings (SSSR count). The Labute approximate surface area is 161 Å². The number of anilines is 1. The molecule has 1 unspecified atom stereocenters. The molecule has 0 fully saturated rings. The van der Waals surface area contributed by atoms with E-state index >= 15 is 0 Å². The van der Waals surface area contributed by atoms with Crippen LogP contribution in [-0.4, -0.2) is 28.4 Å². The number of hydrogen-bond acceptors (Lipinski definition) is 5. The van der Waals surface area contributed by atoms with Gasteiger partial charge < -0.3 is 5.32 Å². The maximum absolute atomic E-state index is 11.8. The molecule has 26 heavy (non-hydrogen) atoms. The fraction of sp³-hybridized carbons (Fsp3) is 0.400. The van der Waals surface area contributed by atoms with Crippen LogP contribution in [0.2, 0.25) is 0 Å². The standard InChI is InChI=1S/C20H23N3OS2/c1-11(2)23-10-9-14-17(19(21-13(4)24)26-18(14)12(23)3)20-22-15-7-5-6-8-16(15)25-20/h5-8,11-12H,9-10H2,1-4H3,(H,21,24). The number of carbonyl (C=O) groups is 1. The Balaban J connectivity index is 1.88. The summed E-state index contributed by atoms with van der Waals surface area (Å²) in [5.41, 5.74) is 3.52. The molecular weight excluding hydrogens is 362 g/mol. The number of rotatable bonds is 3. The largest absolute Gasteiger partial charge is 0.317 e. The van der Waals surface area contributed by atoms with Crippen molar-refractivity contribution in [1.29, 1.82) is 0 Å². The number of carbonyl (C=O) groups excluding carboxylic acids is 1. The minimum atomic E-state index is -0.0284. The molecule has 1 aliphatic heterocycles. The van der Waals surface area contributed by atoms with E-state index in [1.54, 1.807) is 29.6 Å². The second-order valence-corrected chi connectivity index (χ2v) is 9.16. The van der Waals surface area contributed by atoms with E-state index in [9.17, 15) is 4.79 Å². The van der Waals surface area contributed by atoms with Gasteiger partial charge in [0.15, 0.2) is 0 Å². The summed E-state index contributed by atoms with van der Waals surface area (Å²) in [6, 6.07) is 9.10. The van der Waals surface area contributed by atoms with Gasteiger partial charge in [0.1, 0.15) is 10.0 Å². The number of nitrogens with zero attached hydrogens (tertiary/aromatic N) is 2. The van der Waals surface area contributed by atoms with Crippen LogP contribution in [0.25, 0.3) is 20.8 Å². The van der Waals surface area contributed by atoms with E-state index in [0.717, 1.165) is 34.1 Å². The van der Waals surface area contributed by atoms with Crippen molar-refractivity contribution in [2.75, 3.05) is 11.9 Å². The lowest BCUT2D eigenvalue weighted by Crippen LogP contribution is -2.38. The number of fused-ring (bicyclic) bond motifs is 2. The molecule has 0 spiro atoms. The van der Waals surface area contributed by atoms with Gasteiger partial charge in [-0.2, -0.15) is 0 Å². The van der Waals surface area contributed by atoms with Crippen LogP contribution in [0.15, 0.2) is 24.3 Å². The summed E-state index contributed by atoms with van der Waals surface area (Å²) in [6.45, 7) is 9.38. The third-order valence-electron chi connectivity index (χ3n) is 5.00. The summed E-state index contributed by atoms with van der Waals surface area (Å²) in [4.78, 5) is 20.6. The summed E-state index contributed by atoms with van der Waals surface area (Å²) in [7, 11) is 0. The molecule has 136 valence electrons. The fourth-order valence-electron chi connectivity index (χ4n) is 3.81. The Kier molecular flexibility index (Phi) is 4.59. The van der Waals surface area contributed by atoms with Crippen molar-refractivity contribution in [3.63, 3.8) is 0 Å². The molecule has 2 aromatic heterocycles. The Bertz CT molecular complexity index is 940. The van der Waals surface area contributed by atoms with Gasteiger partial charge in [-0.25, -0.2) is 4.98 Å². The number of benzene rings is 1. The molecule has 3 aromatic rings. The third kappa shape index (κ3) is 2.96. The molecule has 1 N–H and O–H groups in total. The number of thiophene rings is 1. The SMILES string of the molecule is CC(=O)Nc1sc2c(c1-c1nc3ccccc3s1)CCN(C(C)C)C2C. The minimum Gasteiger partial charge on any atom is -0.317 e. The first-order valence-corrected chi connectivity index (χ1v) is 10.6. The van der Waals surface area contributed by atoms with Gasteiger partial charge in [-0.15, -0.1) is 22.7 Å². The summed E-state index contributed by atoms with van der Waals surface area (Å²) in [6.07, 6.45) is 0.999. The zero-order chi connectivity index (χ0) is 18.4.